The minimum absolute atomic E-state index is 0.00334. The lowest BCUT2D eigenvalue weighted by atomic mass is 10.1. The summed E-state index contributed by atoms with van der Waals surface area (Å²) in [5.41, 5.74) is -0.161. The molecule has 0 saturated carbocycles. The number of rotatable bonds is 5. The van der Waals surface area contributed by atoms with Crippen LogP contribution in [0.1, 0.15) is 12.0 Å². The van der Waals surface area contributed by atoms with Gasteiger partial charge in [0.15, 0.2) is 9.84 Å². The minimum atomic E-state index is -4.53. The average molecular weight is 491 g/mol. The highest BCUT2D eigenvalue weighted by Crippen LogP contribution is 2.36. The zero-order valence-corrected chi connectivity index (χ0v) is 17.5. The van der Waals surface area contributed by atoms with E-state index in [4.69, 9.17) is 0 Å². The van der Waals surface area contributed by atoms with Crippen LogP contribution < -0.4 is 10.2 Å². The number of halogens is 4. The molecule has 29 heavy (non-hydrogen) atoms. The van der Waals surface area contributed by atoms with Crippen LogP contribution in [0.4, 0.5) is 24.5 Å². The Morgan fingerprint density at radius 3 is 2.45 bits per heavy atom. The second-order valence-electron chi connectivity index (χ2n) is 6.70. The Balaban J connectivity index is 1.79. The first-order valence-electron chi connectivity index (χ1n) is 8.75. The van der Waals surface area contributed by atoms with E-state index in [0.717, 1.165) is 6.07 Å². The Morgan fingerprint density at radius 2 is 1.86 bits per heavy atom. The molecule has 0 bridgehead atoms. The Kier molecular flexibility index (Phi) is 6.23. The van der Waals surface area contributed by atoms with Gasteiger partial charge in [-0.3, -0.25) is 4.79 Å². The van der Waals surface area contributed by atoms with E-state index in [1.54, 1.807) is 30.3 Å². The van der Waals surface area contributed by atoms with E-state index in [9.17, 15) is 26.4 Å². The van der Waals surface area contributed by atoms with Crippen molar-refractivity contribution in [1.29, 1.82) is 0 Å². The molecule has 1 aliphatic heterocycles. The van der Waals surface area contributed by atoms with Crippen LogP contribution in [0.15, 0.2) is 53.0 Å². The SMILES string of the molecule is O=C(CNc1ccc(Br)c(C(F)(F)F)c1)N(c1ccccc1)[C@H]1CCS(=O)(=O)C1. The molecule has 1 heterocycles. The molecule has 2 aromatic carbocycles. The first-order valence-corrected chi connectivity index (χ1v) is 11.4. The Morgan fingerprint density at radius 1 is 1.17 bits per heavy atom. The van der Waals surface area contributed by atoms with Crippen molar-refractivity contribution < 1.29 is 26.4 Å². The fourth-order valence-electron chi connectivity index (χ4n) is 3.24. The number of benzene rings is 2. The van der Waals surface area contributed by atoms with Gasteiger partial charge in [0.05, 0.1) is 29.7 Å². The lowest BCUT2D eigenvalue weighted by molar-refractivity contribution is -0.138. The Labute approximate surface area is 174 Å². The van der Waals surface area contributed by atoms with Crippen molar-refractivity contribution in [2.45, 2.75) is 18.6 Å². The second-order valence-corrected chi connectivity index (χ2v) is 9.79. The number of para-hydroxylation sites is 1. The second kappa shape index (κ2) is 8.35. The number of sulfone groups is 1. The molecule has 0 unspecified atom stereocenters. The van der Waals surface area contributed by atoms with Crippen LogP contribution in [0.3, 0.4) is 0 Å². The molecule has 1 saturated heterocycles. The van der Waals surface area contributed by atoms with Gasteiger partial charge in [-0.1, -0.05) is 34.1 Å². The first-order chi connectivity index (χ1) is 13.6. The van der Waals surface area contributed by atoms with Crippen molar-refractivity contribution in [2.75, 3.05) is 28.3 Å². The van der Waals surface area contributed by atoms with Crippen molar-refractivity contribution in [3.8, 4) is 0 Å². The van der Waals surface area contributed by atoms with Crippen LogP contribution in [-0.2, 0) is 20.8 Å². The van der Waals surface area contributed by atoms with Gasteiger partial charge >= 0.3 is 6.18 Å². The summed E-state index contributed by atoms with van der Waals surface area (Å²) >= 11 is 2.88. The Bertz CT molecular complexity index is 998. The van der Waals surface area contributed by atoms with Crippen LogP contribution >= 0.6 is 15.9 Å². The third kappa shape index (κ3) is 5.30. The number of hydrogen-bond acceptors (Lipinski definition) is 4. The molecule has 156 valence electrons. The van der Waals surface area contributed by atoms with E-state index in [0.29, 0.717) is 12.1 Å². The molecular formula is C19H18BrF3N2O3S. The molecule has 0 aromatic heterocycles. The van der Waals surface area contributed by atoms with E-state index >= 15 is 0 Å². The number of nitrogens with one attached hydrogen (secondary N) is 1. The van der Waals surface area contributed by atoms with Crippen molar-refractivity contribution in [1.82, 2.24) is 0 Å². The van der Waals surface area contributed by atoms with E-state index in [-0.39, 0.29) is 28.2 Å². The summed E-state index contributed by atoms with van der Waals surface area (Å²) in [7, 11) is -3.22. The zero-order chi connectivity index (χ0) is 21.2. The summed E-state index contributed by atoms with van der Waals surface area (Å²) in [4.78, 5) is 14.3. The van der Waals surface area contributed by atoms with E-state index in [1.165, 1.54) is 17.0 Å². The molecule has 2 aromatic rings. The van der Waals surface area contributed by atoms with Gasteiger partial charge in [0, 0.05) is 15.8 Å². The predicted octanol–water partition coefficient (Wildman–Crippen LogP) is 4.10. The van der Waals surface area contributed by atoms with Gasteiger partial charge < -0.3 is 10.2 Å². The highest BCUT2D eigenvalue weighted by Gasteiger charge is 2.36. The number of nitrogens with zero attached hydrogens (tertiary/aromatic N) is 1. The number of carbonyl (C=O) groups excluding carboxylic acids is 1. The summed E-state index contributed by atoms with van der Waals surface area (Å²) < 4.78 is 62.9. The van der Waals surface area contributed by atoms with Crippen LogP contribution in [0.2, 0.25) is 0 Å². The number of amides is 1. The fraction of sp³-hybridized carbons (Fsp3) is 0.316. The number of alkyl halides is 3. The van der Waals surface area contributed by atoms with Crippen LogP contribution in [0.25, 0.3) is 0 Å². The lowest BCUT2D eigenvalue weighted by Crippen LogP contribution is -2.44. The van der Waals surface area contributed by atoms with Gasteiger partial charge in [0.1, 0.15) is 0 Å². The molecule has 0 radical (unpaired) electrons. The predicted molar refractivity (Wildman–Crippen MR) is 109 cm³/mol. The molecule has 1 aliphatic rings. The quantitative estimate of drug-likeness (QED) is 0.684. The first kappa shape index (κ1) is 21.6. The van der Waals surface area contributed by atoms with E-state index in [2.05, 4.69) is 21.2 Å². The molecule has 1 amide bonds. The van der Waals surface area contributed by atoms with Gasteiger partial charge in [-0.05, 0) is 36.8 Å². The molecular weight excluding hydrogens is 473 g/mol. The molecule has 0 aliphatic carbocycles. The third-order valence-electron chi connectivity index (χ3n) is 4.59. The maximum atomic E-state index is 13.1. The lowest BCUT2D eigenvalue weighted by Gasteiger charge is -2.28. The third-order valence-corrected chi connectivity index (χ3v) is 7.03. The summed E-state index contributed by atoms with van der Waals surface area (Å²) in [6, 6.07) is 11.7. The monoisotopic (exact) mass is 490 g/mol. The summed E-state index contributed by atoms with van der Waals surface area (Å²) in [6.07, 6.45) is -4.21. The largest absolute Gasteiger partial charge is 0.417 e. The summed E-state index contributed by atoms with van der Waals surface area (Å²) in [5.74, 6) is -0.553. The number of carbonyl (C=O) groups is 1. The molecule has 3 rings (SSSR count). The molecule has 5 nitrogen and oxygen atoms in total. The van der Waals surface area contributed by atoms with Gasteiger partial charge in [-0.15, -0.1) is 0 Å². The number of hydrogen-bond donors (Lipinski definition) is 1. The maximum absolute atomic E-state index is 13.1. The molecule has 1 atom stereocenters. The minimum Gasteiger partial charge on any atom is -0.376 e. The van der Waals surface area contributed by atoms with Crippen LogP contribution in [0.5, 0.6) is 0 Å². The highest BCUT2D eigenvalue weighted by atomic mass is 79.9. The molecule has 1 fully saturated rings. The van der Waals surface area contributed by atoms with Crippen molar-refractivity contribution in [3.63, 3.8) is 0 Å². The topological polar surface area (TPSA) is 66.5 Å². The zero-order valence-electron chi connectivity index (χ0n) is 15.1. The standard InChI is InChI=1S/C19H18BrF3N2O3S/c20-17-7-6-13(10-16(17)19(21,22)23)24-11-18(26)25(14-4-2-1-3-5-14)15-8-9-29(27,28)12-15/h1-7,10,15,24H,8-9,11-12H2/t15-/m0/s1. The van der Waals surface area contributed by atoms with Gasteiger partial charge in [-0.2, -0.15) is 13.2 Å². The van der Waals surface area contributed by atoms with Crippen LogP contribution in [-0.4, -0.2) is 38.4 Å². The Hall–Kier alpha value is -2.07. The van der Waals surface area contributed by atoms with E-state index < -0.39 is 33.5 Å². The summed E-state index contributed by atoms with van der Waals surface area (Å²) in [6.45, 7) is -0.273. The highest BCUT2D eigenvalue weighted by molar-refractivity contribution is 9.10. The van der Waals surface area contributed by atoms with Crippen LogP contribution in [0, 0.1) is 0 Å². The van der Waals surface area contributed by atoms with Gasteiger partial charge in [0.2, 0.25) is 5.91 Å². The molecule has 1 N–H and O–H groups in total. The van der Waals surface area contributed by atoms with Gasteiger partial charge in [-0.25, -0.2) is 8.42 Å². The van der Waals surface area contributed by atoms with Crippen molar-refractivity contribution >= 4 is 43.0 Å². The normalized spacial score (nSPS) is 18.4. The smallest absolute Gasteiger partial charge is 0.376 e. The van der Waals surface area contributed by atoms with Crippen molar-refractivity contribution in [3.05, 3.63) is 58.6 Å². The number of anilines is 2. The fourth-order valence-corrected chi connectivity index (χ4v) is 5.41. The molecule has 10 heteroatoms. The maximum Gasteiger partial charge on any atom is 0.417 e. The van der Waals surface area contributed by atoms with E-state index in [1.807, 2.05) is 0 Å². The van der Waals surface area contributed by atoms with Crippen molar-refractivity contribution in [2.24, 2.45) is 0 Å². The van der Waals surface area contributed by atoms with Gasteiger partial charge in [0.25, 0.3) is 0 Å². The molecule has 0 spiro atoms. The summed E-state index contributed by atoms with van der Waals surface area (Å²) in [5, 5.41) is 2.72. The average Bonchev–Trinajstić information content (AvgIpc) is 3.00.